The molecular weight excluding hydrogens is 178 g/mol. The van der Waals surface area contributed by atoms with Gasteiger partial charge in [-0.2, -0.15) is 0 Å². The lowest BCUT2D eigenvalue weighted by atomic mass is 10.4. The van der Waals surface area contributed by atoms with Gasteiger partial charge in [0, 0.05) is 31.6 Å². The van der Waals surface area contributed by atoms with Crippen molar-refractivity contribution in [3.05, 3.63) is 12.4 Å². The molecule has 1 heterocycles. The van der Waals surface area contributed by atoms with E-state index in [-0.39, 0.29) is 0 Å². The minimum atomic E-state index is 0.305. The fraction of sp³-hybridized carbons (Fsp3) is 0.700. The highest BCUT2D eigenvalue weighted by molar-refractivity contribution is 5.29. The number of hydrogen-bond donors (Lipinski definition) is 1. The molecule has 1 unspecified atom stereocenters. The van der Waals surface area contributed by atoms with Gasteiger partial charge in [-0.05, 0) is 19.8 Å². The highest BCUT2D eigenvalue weighted by Gasteiger charge is 2.25. The molecule has 0 aliphatic heterocycles. The summed E-state index contributed by atoms with van der Waals surface area (Å²) < 4.78 is 7.28. The van der Waals surface area contributed by atoms with Crippen LogP contribution in [0.5, 0.6) is 0 Å². The molecule has 1 aliphatic rings. The number of ether oxygens (including phenoxy) is 1. The number of nitrogens with one attached hydrogen (secondary N) is 1. The fourth-order valence-corrected chi connectivity index (χ4v) is 1.58. The molecule has 1 aromatic rings. The molecule has 78 valence electrons. The Bertz CT molecular complexity index is 293. The molecule has 1 fully saturated rings. The van der Waals surface area contributed by atoms with Gasteiger partial charge in [0.15, 0.2) is 0 Å². The van der Waals surface area contributed by atoms with E-state index in [1.165, 1.54) is 12.8 Å². The smallest absolute Gasteiger partial charge is 0.203 e. The molecule has 1 saturated carbocycles. The lowest BCUT2D eigenvalue weighted by Crippen LogP contribution is -2.22. The number of anilines is 1. The van der Waals surface area contributed by atoms with Gasteiger partial charge in [-0.1, -0.05) is 0 Å². The average Bonchev–Trinajstić information content (AvgIpc) is 2.89. The molecule has 2 rings (SSSR count). The van der Waals surface area contributed by atoms with Gasteiger partial charge in [-0.3, -0.25) is 0 Å². The van der Waals surface area contributed by atoms with Crippen molar-refractivity contribution in [1.29, 1.82) is 0 Å². The van der Waals surface area contributed by atoms with Crippen LogP contribution in [0.2, 0.25) is 0 Å². The first-order valence-corrected chi connectivity index (χ1v) is 5.09. The van der Waals surface area contributed by atoms with Crippen LogP contribution >= 0.6 is 0 Å². The molecule has 0 amide bonds. The van der Waals surface area contributed by atoms with Crippen molar-refractivity contribution < 1.29 is 4.74 Å². The lowest BCUT2D eigenvalue weighted by Gasteiger charge is -2.14. The Balaban J connectivity index is 1.97. The SMILES string of the molecule is COCC(C)Nc1nccn1C1CC1. The minimum Gasteiger partial charge on any atom is -0.383 e. The average molecular weight is 195 g/mol. The van der Waals surface area contributed by atoms with Gasteiger partial charge < -0.3 is 14.6 Å². The molecule has 4 nitrogen and oxygen atoms in total. The van der Waals surface area contributed by atoms with E-state index in [2.05, 4.69) is 21.8 Å². The molecular formula is C10H17N3O. The second-order valence-corrected chi connectivity index (χ2v) is 3.89. The number of nitrogens with zero attached hydrogens (tertiary/aromatic N) is 2. The van der Waals surface area contributed by atoms with E-state index in [1.54, 1.807) is 7.11 Å². The monoisotopic (exact) mass is 195 g/mol. The molecule has 4 heteroatoms. The van der Waals surface area contributed by atoms with Gasteiger partial charge >= 0.3 is 0 Å². The van der Waals surface area contributed by atoms with Gasteiger partial charge in [-0.15, -0.1) is 0 Å². The summed E-state index contributed by atoms with van der Waals surface area (Å²) >= 11 is 0. The zero-order valence-electron chi connectivity index (χ0n) is 8.73. The summed E-state index contributed by atoms with van der Waals surface area (Å²) in [6, 6.07) is 0.981. The van der Waals surface area contributed by atoms with Crippen LogP contribution in [0.4, 0.5) is 5.95 Å². The Kier molecular flexibility index (Phi) is 2.72. The Labute approximate surface area is 84.3 Å². The van der Waals surface area contributed by atoms with Crippen LogP contribution in [-0.4, -0.2) is 29.3 Å². The Morgan fingerprint density at radius 1 is 1.71 bits per heavy atom. The second kappa shape index (κ2) is 4.00. The van der Waals surface area contributed by atoms with Crippen molar-refractivity contribution in [3.8, 4) is 0 Å². The zero-order chi connectivity index (χ0) is 9.97. The number of hydrogen-bond acceptors (Lipinski definition) is 3. The first-order valence-electron chi connectivity index (χ1n) is 5.09. The maximum absolute atomic E-state index is 5.07. The summed E-state index contributed by atoms with van der Waals surface area (Å²) in [5, 5.41) is 3.34. The molecule has 0 radical (unpaired) electrons. The summed E-state index contributed by atoms with van der Waals surface area (Å²) in [4.78, 5) is 4.30. The van der Waals surface area contributed by atoms with Crippen molar-refractivity contribution in [1.82, 2.24) is 9.55 Å². The van der Waals surface area contributed by atoms with E-state index >= 15 is 0 Å². The van der Waals surface area contributed by atoms with Crippen LogP contribution in [0.3, 0.4) is 0 Å². The normalized spacial score (nSPS) is 18.1. The molecule has 0 bridgehead atoms. The molecule has 1 atom stereocenters. The van der Waals surface area contributed by atoms with Gasteiger partial charge in [0.1, 0.15) is 0 Å². The number of rotatable bonds is 5. The van der Waals surface area contributed by atoms with E-state index < -0.39 is 0 Å². The largest absolute Gasteiger partial charge is 0.383 e. The molecule has 0 aromatic carbocycles. The van der Waals surface area contributed by atoms with Gasteiger partial charge in [0.2, 0.25) is 5.95 Å². The first kappa shape index (κ1) is 9.52. The quantitative estimate of drug-likeness (QED) is 0.776. The topological polar surface area (TPSA) is 39.1 Å². The van der Waals surface area contributed by atoms with Crippen LogP contribution in [0.15, 0.2) is 12.4 Å². The molecule has 14 heavy (non-hydrogen) atoms. The number of imidazole rings is 1. The number of aromatic nitrogens is 2. The standard InChI is InChI=1S/C10H17N3O/c1-8(7-14-2)12-10-11-5-6-13(10)9-3-4-9/h5-6,8-9H,3-4,7H2,1-2H3,(H,11,12). The minimum absolute atomic E-state index is 0.305. The Morgan fingerprint density at radius 3 is 3.14 bits per heavy atom. The highest BCUT2D eigenvalue weighted by atomic mass is 16.5. The first-order chi connectivity index (χ1) is 6.81. The lowest BCUT2D eigenvalue weighted by molar-refractivity contribution is 0.190. The van der Waals surface area contributed by atoms with E-state index in [4.69, 9.17) is 4.74 Å². The Morgan fingerprint density at radius 2 is 2.50 bits per heavy atom. The van der Waals surface area contributed by atoms with Crippen LogP contribution in [0, 0.1) is 0 Å². The van der Waals surface area contributed by atoms with Gasteiger partial charge in [0.25, 0.3) is 0 Å². The second-order valence-electron chi connectivity index (χ2n) is 3.89. The molecule has 1 N–H and O–H groups in total. The fourth-order valence-electron chi connectivity index (χ4n) is 1.58. The van der Waals surface area contributed by atoms with Crippen LogP contribution in [-0.2, 0) is 4.74 Å². The summed E-state index contributed by atoms with van der Waals surface area (Å²) in [6.07, 6.45) is 6.45. The van der Waals surface area contributed by atoms with E-state index in [9.17, 15) is 0 Å². The van der Waals surface area contributed by atoms with Crippen molar-refractivity contribution in [2.24, 2.45) is 0 Å². The summed E-state index contributed by atoms with van der Waals surface area (Å²) in [5.74, 6) is 0.969. The third-order valence-electron chi connectivity index (χ3n) is 2.40. The third-order valence-corrected chi connectivity index (χ3v) is 2.40. The van der Waals surface area contributed by atoms with E-state index in [0.29, 0.717) is 18.7 Å². The number of methoxy groups -OCH3 is 1. The summed E-state index contributed by atoms with van der Waals surface area (Å²) in [5.41, 5.74) is 0. The van der Waals surface area contributed by atoms with Crippen molar-refractivity contribution >= 4 is 5.95 Å². The van der Waals surface area contributed by atoms with Crippen molar-refractivity contribution in [2.45, 2.75) is 31.8 Å². The molecule has 0 spiro atoms. The predicted octanol–water partition coefficient (Wildman–Crippen LogP) is 1.66. The maximum Gasteiger partial charge on any atom is 0.203 e. The predicted molar refractivity (Wildman–Crippen MR) is 55.5 cm³/mol. The van der Waals surface area contributed by atoms with E-state index in [0.717, 1.165) is 5.95 Å². The summed E-state index contributed by atoms with van der Waals surface area (Å²) in [7, 11) is 1.71. The van der Waals surface area contributed by atoms with Crippen LogP contribution in [0.25, 0.3) is 0 Å². The zero-order valence-corrected chi connectivity index (χ0v) is 8.73. The molecule has 1 aromatic heterocycles. The third kappa shape index (κ3) is 2.07. The summed E-state index contributed by atoms with van der Waals surface area (Å²) in [6.45, 7) is 2.80. The van der Waals surface area contributed by atoms with E-state index in [1.807, 2.05) is 12.4 Å². The van der Waals surface area contributed by atoms with Crippen molar-refractivity contribution in [2.75, 3.05) is 19.0 Å². The van der Waals surface area contributed by atoms with Crippen molar-refractivity contribution in [3.63, 3.8) is 0 Å². The van der Waals surface area contributed by atoms with Gasteiger partial charge in [0.05, 0.1) is 6.61 Å². The van der Waals surface area contributed by atoms with Gasteiger partial charge in [-0.25, -0.2) is 4.98 Å². The van der Waals surface area contributed by atoms with Crippen LogP contribution in [0.1, 0.15) is 25.8 Å². The maximum atomic E-state index is 5.07. The Hall–Kier alpha value is -1.03. The van der Waals surface area contributed by atoms with Crippen LogP contribution < -0.4 is 5.32 Å². The molecule has 0 saturated heterocycles. The molecule has 1 aliphatic carbocycles. The highest BCUT2D eigenvalue weighted by Crippen LogP contribution is 2.36.